The first-order valence-electron chi connectivity index (χ1n) is 10.2. The molecule has 0 spiro atoms. The molecule has 7 nitrogen and oxygen atoms in total. The minimum absolute atomic E-state index is 0.0460. The van der Waals surface area contributed by atoms with E-state index >= 15 is 0 Å². The van der Waals surface area contributed by atoms with Crippen molar-refractivity contribution < 1.29 is 14.3 Å². The van der Waals surface area contributed by atoms with Crippen LogP contribution in [0.25, 0.3) is 10.9 Å². The quantitative estimate of drug-likeness (QED) is 0.507. The summed E-state index contributed by atoms with van der Waals surface area (Å²) in [5.41, 5.74) is 1.84. The zero-order valence-electron chi connectivity index (χ0n) is 17.9. The molecule has 2 N–H and O–H groups in total. The molecular weight excluding hydrogens is 392 g/mol. The van der Waals surface area contributed by atoms with Crippen LogP contribution >= 0.6 is 0 Å². The van der Waals surface area contributed by atoms with E-state index < -0.39 is 12.0 Å². The lowest BCUT2D eigenvalue weighted by molar-refractivity contribution is -0.125. The summed E-state index contributed by atoms with van der Waals surface area (Å²) in [5, 5.41) is 13.1. The largest absolute Gasteiger partial charge is 0.496 e. The number of ether oxygens (including phenoxy) is 1. The van der Waals surface area contributed by atoms with Gasteiger partial charge in [0.15, 0.2) is 5.78 Å². The van der Waals surface area contributed by atoms with E-state index in [1.54, 1.807) is 37.7 Å². The Hall–Kier alpha value is -3.66. The highest BCUT2D eigenvalue weighted by atomic mass is 16.5. The fourth-order valence-corrected chi connectivity index (χ4v) is 3.64. The number of hydrogen-bond donors (Lipinski definition) is 2. The van der Waals surface area contributed by atoms with Gasteiger partial charge in [-0.3, -0.25) is 14.6 Å². The van der Waals surface area contributed by atoms with Crippen LogP contribution < -0.4 is 10.1 Å². The molecule has 2 unspecified atom stereocenters. The van der Waals surface area contributed by atoms with E-state index in [1.165, 1.54) is 0 Å². The molecule has 2 aromatic heterocycles. The lowest BCUT2D eigenvalue weighted by atomic mass is 9.90. The van der Waals surface area contributed by atoms with Gasteiger partial charge in [-0.05, 0) is 36.6 Å². The smallest absolute Gasteiger partial charge is 0.224 e. The maximum atomic E-state index is 13.0. The van der Waals surface area contributed by atoms with Crippen molar-refractivity contribution in [3.8, 4) is 11.8 Å². The highest BCUT2D eigenvalue weighted by Gasteiger charge is 2.27. The average Bonchev–Trinajstić information content (AvgIpc) is 3.21. The van der Waals surface area contributed by atoms with Gasteiger partial charge in [-0.15, -0.1) is 0 Å². The number of H-pyrrole nitrogens is 1. The van der Waals surface area contributed by atoms with Gasteiger partial charge in [0.05, 0.1) is 18.9 Å². The summed E-state index contributed by atoms with van der Waals surface area (Å²) in [6.07, 6.45) is 3.74. The van der Waals surface area contributed by atoms with Crippen LogP contribution in [0.3, 0.4) is 0 Å². The molecule has 160 valence electrons. The second-order valence-electron chi connectivity index (χ2n) is 7.92. The Labute approximate surface area is 181 Å². The summed E-state index contributed by atoms with van der Waals surface area (Å²) in [7, 11) is 1.58. The van der Waals surface area contributed by atoms with Crippen LogP contribution in [-0.4, -0.2) is 28.8 Å². The van der Waals surface area contributed by atoms with Crippen LogP contribution in [0.1, 0.15) is 48.8 Å². The van der Waals surface area contributed by atoms with E-state index in [-0.39, 0.29) is 24.0 Å². The van der Waals surface area contributed by atoms with Gasteiger partial charge in [-0.25, -0.2) is 0 Å². The van der Waals surface area contributed by atoms with Crippen LogP contribution in [0.2, 0.25) is 0 Å². The van der Waals surface area contributed by atoms with Crippen molar-refractivity contribution in [2.24, 2.45) is 11.8 Å². The molecule has 31 heavy (non-hydrogen) atoms. The molecule has 0 aliphatic rings. The predicted octanol–water partition coefficient (Wildman–Crippen LogP) is 4.19. The Bertz CT molecular complexity index is 1100. The first kappa shape index (κ1) is 22.0. The van der Waals surface area contributed by atoms with Crippen molar-refractivity contribution in [2.45, 2.75) is 32.7 Å². The Morgan fingerprint density at radius 2 is 2.06 bits per heavy atom. The van der Waals surface area contributed by atoms with Gasteiger partial charge in [0, 0.05) is 41.2 Å². The summed E-state index contributed by atoms with van der Waals surface area (Å²) in [5.74, 6) is -0.128. The molecule has 0 aliphatic heterocycles. The first-order chi connectivity index (χ1) is 14.9. The van der Waals surface area contributed by atoms with Crippen LogP contribution in [0.15, 0.2) is 48.8 Å². The number of amides is 1. The molecule has 0 saturated heterocycles. The summed E-state index contributed by atoms with van der Waals surface area (Å²) in [6, 6.07) is 12.0. The highest BCUT2D eigenvalue weighted by molar-refractivity contribution is 6.02. The number of nitrogens with zero attached hydrogens (tertiary/aromatic N) is 2. The third kappa shape index (κ3) is 5.28. The van der Waals surface area contributed by atoms with Crippen molar-refractivity contribution in [3.05, 3.63) is 60.0 Å². The van der Waals surface area contributed by atoms with Crippen molar-refractivity contribution in [3.63, 3.8) is 0 Å². The summed E-state index contributed by atoms with van der Waals surface area (Å²) >= 11 is 0. The molecule has 0 fully saturated rings. The molecule has 0 aliphatic carbocycles. The number of nitriles is 1. The maximum Gasteiger partial charge on any atom is 0.224 e. The third-order valence-corrected chi connectivity index (χ3v) is 5.14. The van der Waals surface area contributed by atoms with Crippen molar-refractivity contribution in [2.75, 3.05) is 7.11 Å². The van der Waals surface area contributed by atoms with Gasteiger partial charge in [0.25, 0.3) is 0 Å². The zero-order chi connectivity index (χ0) is 22.4. The van der Waals surface area contributed by atoms with Gasteiger partial charge in [0.2, 0.25) is 5.91 Å². The van der Waals surface area contributed by atoms with Crippen LogP contribution in [-0.2, 0) is 4.79 Å². The third-order valence-electron chi connectivity index (χ3n) is 5.14. The summed E-state index contributed by atoms with van der Waals surface area (Å²) in [6.45, 7) is 4.00. The fourth-order valence-electron chi connectivity index (χ4n) is 3.64. The van der Waals surface area contributed by atoms with Crippen molar-refractivity contribution in [1.29, 1.82) is 5.26 Å². The summed E-state index contributed by atoms with van der Waals surface area (Å²) < 4.78 is 5.36. The van der Waals surface area contributed by atoms with Crippen molar-refractivity contribution >= 4 is 22.6 Å². The van der Waals surface area contributed by atoms with Crippen LogP contribution in [0, 0.1) is 23.2 Å². The van der Waals surface area contributed by atoms with E-state index in [0.717, 1.165) is 10.9 Å². The molecule has 1 amide bonds. The van der Waals surface area contributed by atoms with E-state index in [1.807, 2.05) is 32.0 Å². The maximum absolute atomic E-state index is 13.0. The number of aromatic amines is 1. The lowest BCUT2D eigenvalue weighted by Gasteiger charge is -2.20. The number of hydrogen-bond acceptors (Lipinski definition) is 5. The number of Topliss-reactive ketones (excluding diaryl/α,β-unsaturated/α-hetero) is 1. The second kappa shape index (κ2) is 9.90. The number of carbonyl (C=O) groups is 2. The number of benzene rings is 1. The first-order valence-corrected chi connectivity index (χ1v) is 10.2. The molecule has 7 heteroatoms. The topological polar surface area (TPSA) is 108 Å². The minimum Gasteiger partial charge on any atom is -0.496 e. The van der Waals surface area contributed by atoms with Crippen LogP contribution in [0.4, 0.5) is 0 Å². The zero-order valence-corrected chi connectivity index (χ0v) is 17.9. The van der Waals surface area contributed by atoms with Gasteiger partial charge in [0.1, 0.15) is 11.8 Å². The lowest BCUT2D eigenvalue weighted by Crippen LogP contribution is -2.35. The van der Waals surface area contributed by atoms with Gasteiger partial charge in [-0.1, -0.05) is 26.0 Å². The van der Waals surface area contributed by atoms with E-state index in [9.17, 15) is 14.9 Å². The fraction of sp³-hybridized carbons (Fsp3) is 0.333. The number of ketones is 1. The predicted molar refractivity (Wildman–Crippen MR) is 117 cm³/mol. The Morgan fingerprint density at radius 1 is 1.26 bits per heavy atom. The summed E-state index contributed by atoms with van der Waals surface area (Å²) in [4.78, 5) is 33.1. The minimum atomic E-state index is -0.816. The number of nitrogens with one attached hydrogen (secondary N) is 2. The Kier molecular flexibility index (Phi) is 7.03. The van der Waals surface area contributed by atoms with E-state index in [0.29, 0.717) is 23.4 Å². The molecular formula is C24H26N4O3. The molecule has 0 radical (unpaired) electrons. The number of carbonyl (C=O) groups excluding carboxylic acids is 2. The number of pyridine rings is 1. The van der Waals surface area contributed by atoms with Gasteiger partial charge < -0.3 is 15.0 Å². The second-order valence-corrected chi connectivity index (χ2v) is 7.92. The van der Waals surface area contributed by atoms with E-state index in [2.05, 4.69) is 21.4 Å². The van der Waals surface area contributed by atoms with E-state index in [4.69, 9.17) is 4.74 Å². The molecule has 0 bridgehead atoms. The standard InChI is InChI=1S/C24H26N4O3/c1-15(2)10-17(24(30)28-21(13-25)16-6-5-9-26-14-16)11-22(29)20-12-18-19(27-20)7-4-8-23(18)31-3/h4-9,12,14-15,17,21,27H,10-11H2,1-3H3,(H,28,30). The SMILES string of the molecule is COc1cccc2[nH]c(C(=O)CC(CC(C)C)C(=O)NC(C#N)c3cccnc3)cc12. The van der Waals surface area contributed by atoms with Crippen molar-refractivity contribution in [1.82, 2.24) is 15.3 Å². The molecule has 1 aromatic carbocycles. The van der Waals surface area contributed by atoms with Crippen LogP contribution in [0.5, 0.6) is 5.75 Å². The highest BCUT2D eigenvalue weighted by Crippen LogP contribution is 2.27. The Morgan fingerprint density at radius 3 is 2.71 bits per heavy atom. The number of rotatable bonds is 9. The van der Waals surface area contributed by atoms with Gasteiger partial charge in [-0.2, -0.15) is 5.26 Å². The number of fused-ring (bicyclic) bond motifs is 1. The number of methoxy groups -OCH3 is 1. The molecule has 0 saturated carbocycles. The average molecular weight is 418 g/mol. The number of aromatic nitrogens is 2. The monoisotopic (exact) mass is 418 g/mol. The van der Waals surface area contributed by atoms with Gasteiger partial charge >= 0.3 is 0 Å². The molecule has 2 atom stereocenters. The normalized spacial score (nSPS) is 12.9. The molecule has 3 aromatic rings. The molecule has 3 rings (SSSR count). The Balaban J connectivity index is 1.78. The molecule has 2 heterocycles.